The second-order valence-corrected chi connectivity index (χ2v) is 4.71. The molecule has 1 heterocycles. The van der Waals surface area contributed by atoms with Crippen molar-refractivity contribution in [2.75, 3.05) is 13.1 Å². The van der Waals surface area contributed by atoms with Crippen LogP contribution in [0.5, 0.6) is 0 Å². The monoisotopic (exact) mass is 263 g/mol. The number of halogens is 1. The van der Waals surface area contributed by atoms with Crippen LogP contribution in [0.15, 0.2) is 34.8 Å². The normalized spacial score (nSPS) is 12.3. The number of hydrogen-bond acceptors (Lipinski definition) is 2. The van der Waals surface area contributed by atoms with E-state index in [4.69, 9.17) is 16.0 Å². The van der Waals surface area contributed by atoms with Crippen LogP contribution in [0.25, 0.3) is 16.5 Å². The lowest BCUT2D eigenvalue weighted by Gasteiger charge is -1.98. The molecule has 0 radical (unpaired) electrons. The Kier molecular flexibility index (Phi) is 4.45. The Balaban J connectivity index is 2.18. The molecule has 0 aliphatic heterocycles. The highest BCUT2D eigenvalue weighted by molar-refractivity contribution is 6.34. The predicted molar refractivity (Wildman–Crippen MR) is 78.0 cm³/mol. The average Bonchev–Trinajstić information content (AvgIpc) is 2.80. The van der Waals surface area contributed by atoms with Gasteiger partial charge in [0, 0.05) is 5.39 Å². The van der Waals surface area contributed by atoms with Gasteiger partial charge in [-0.3, -0.25) is 0 Å². The molecule has 1 aromatic heterocycles. The summed E-state index contributed by atoms with van der Waals surface area (Å²) >= 11 is 6.10. The van der Waals surface area contributed by atoms with E-state index in [0.29, 0.717) is 5.02 Å². The minimum Gasteiger partial charge on any atom is -0.455 e. The van der Waals surface area contributed by atoms with Gasteiger partial charge in [0.25, 0.3) is 0 Å². The molecule has 3 heteroatoms. The first-order chi connectivity index (χ1) is 8.72. The fourth-order valence-electron chi connectivity index (χ4n) is 1.89. The van der Waals surface area contributed by atoms with Gasteiger partial charge in [0.15, 0.2) is 5.58 Å². The van der Waals surface area contributed by atoms with Crippen molar-refractivity contribution in [1.29, 1.82) is 0 Å². The first-order valence-corrected chi connectivity index (χ1v) is 6.66. The quantitative estimate of drug-likeness (QED) is 0.804. The van der Waals surface area contributed by atoms with Crippen LogP contribution in [0, 0.1) is 0 Å². The molecule has 0 saturated heterocycles. The number of fused-ring (bicyclic) bond motifs is 1. The highest BCUT2D eigenvalue weighted by atomic mass is 35.5. The molecule has 0 bridgehead atoms. The SMILES string of the molecule is CCNCC/C=C(/C)c1cc2cccc(Cl)c2o1. The number of benzene rings is 1. The lowest BCUT2D eigenvalue weighted by Crippen LogP contribution is -2.12. The topological polar surface area (TPSA) is 25.2 Å². The maximum atomic E-state index is 6.10. The maximum absolute atomic E-state index is 6.10. The Hall–Kier alpha value is -1.25. The smallest absolute Gasteiger partial charge is 0.153 e. The van der Waals surface area contributed by atoms with E-state index < -0.39 is 0 Å². The Bertz CT molecular complexity index is 557. The number of allylic oxidation sites excluding steroid dienone is 1. The molecular weight excluding hydrogens is 246 g/mol. The van der Waals surface area contributed by atoms with Gasteiger partial charge in [0.1, 0.15) is 5.76 Å². The van der Waals surface area contributed by atoms with Gasteiger partial charge in [-0.15, -0.1) is 0 Å². The molecule has 0 aliphatic carbocycles. The van der Waals surface area contributed by atoms with Gasteiger partial charge in [-0.25, -0.2) is 0 Å². The Morgan fingerprint density at radius 3 is 3.00 bits per heavy atom. The van der Waals surface area contributed by atoms with Gasteiger partial charge in [-0.2, -0.15) is 0 Å². The standard InChI is InChI=1S/C15H18ClNO/c1-3-17-9-5-6-11(2)14-10-12-7-4-8-13(16)15(12)18-14/h4,6-8,10,17H,3,5,9H2,1-2H3/b11-6-. The third-order valence-corrected chi connectivity index (χ3v) is 3.20. The van der Waals surface area contributed by atoms with Crippen molar-refractivity contribution in [2.45, 2.75) is 20.3 Å². The van der Waals surface area contributed by atoms with Crippen LogP contribution in [0.3, 0.4) is 0 Å². The third kappa shape index (κ3) is 2.95. The van der Waals surface area contributed by atoms with E-state index in [1.165, 1.54) is 0 Å². The van der Waals surface area contributed by atoms with Crippen LogP contribution in [-0.2, 0) is 0 Å². The van der Waals surface area contributed by atoms with Gasteiger partial charge in [0.2, 0.25) is 0 Å². The van der Waals surface area contributed by atoms with Crippen LogP contribution in [0.4, 0.5) is 0 Å². The van der Waals surface area contributed by atoms with Crippen molar-refractivity contribution in [2.24, 2.45) is 0 Å². The molecule has 0 fully saturated rings. The molecule has 18 heavy (non-hydrogen) atoms. The fourth-order valence-corrected chi connectivity index (χ4v) is 2.11. The Morgan fingerprint density at radius 2 is 2.28 bits per heavy atom. The zero-order chi connectivity index (χ0) is 13.0. The van der Waals surface area contributed by atoms with Crippen LogP contribution < -0.4 is 5.32 Å². The third-order valence-electron chi connectivity index (χ3n) is 2.91. The summed E-state index contributed by atoms with van der Waals surface area (Å²) in [5, 5.41) is 5.01. The molecule has 2 nitrogen and oxygen atoms in total. The fraction of sp³-hybridized carbons (Fsp3) is 0.333. The summed E-state index contributed by atoms with van der Waals surface area (Å²) < 4.78 is 5.80. The van der Waals surface area contributed by atoms with E-state index in [9.17, 15) is 0 Å². The summed E-state index contributed by atoms with van der Waals surface area (Å²) in [7, 11) is 0. The zero-order valence-electron chi connectivity index (χ0n) is 10.8. The highest BCUT2D eigenvalue weighted by Crippen LogP contribution is 2.29. The summed E-state index contributed by atoms with van der Waals surface area (Å²) in [6.45, 7) is 6.18. The van der Waals surface area contributed by atoms with Crippen LogP contribution >= 0.6 is 11.6 Å². The lowest BCUT2D eigenvalue weighted by atomic mass is 10.2. The molecule has 0 unspecified atom stereocenters. The number of rotatable bonds is 5. The molecule has 1 aromatic carbocycles. The van der Waals surface area contributed by atoms with Crippen molar-refractivity contribution in [1.82, 2.24) is 5.32 Å². The average molecular weight is 264 g/mol. The summed E-state index contributed by atoms with van der Waals surface area (Å²) in [5.41, 5.74) is 1.92. The summed E-state index contributed by atoms with van der Waals surface area (Å²) in [6.07, 6.45) is 3.19. The van der Waals surface area contributed by atoms with Crippen molar-refractivity contribution in [3.63, 3.8) is 0 Å². The first kappa shape index (κ1) is 13.2. The summed E-state index contributed by atoms with van der Waals surface area (Å²) in [4.78, 5) is 0. The first-order valence-electron chi connectivity index (χ1n) is 6.28. The van der Waals surface area contributed by atoms with Crippen LogP contribution in [0.2, 0.25) is 5.02 Å². The van der Waals surface area contributed by atoms with E-state index in [1.807, 2.05) is 24.3 Å². The maximum Gasteiger partial charge on any atom is 0.153 e. The Morgan fingerprint density at radius 1 is 1.44 bits per heavy atom. The molecule has 0 amide bonds. The largest absolute Gasteiger partial charge is 0.455 e. The second kappa shape index (κ2) is 6.07. The van der Waals surface area contributed by atoms with Gasteiger partial charge < -0.3 is 9.73 Å². The van der Waals surface area contributed by atoms with E-state index in [1.54, 1.807) is 0 Å². The highest BCUT2D eigenvalue weighted by Gasteiger charge is 2.07. The number of furan rings is 1. The van der Waals surface area contributed by atoms with Crippen LogP contribution in [0.1, 0.15) is 26.0 Å². The van der Waals surface area contributed by atoms with Gasteiger partial charge in [-0.1, -0.05) is 36.7 Å². The number of nitrogens with one attached hydrogen (secondary N) is 1. The predicted octanol–water partition coefficient (Wildman–Crippen LogP) is 4.49. The van der Waals surface area contributed by atoms with E-state index in [2.05, 4.69) is 25.2 Å². The minimum atomic E-state index is 0.666. The van der Waals surface area contributed by atoms with Crippen molar-refractivity contribution >= 4 is 28.1 Å². The lowest BCUT2D eigenvalue weighted by molar-refractivity contribution is 0.599. The van der Waals surface area contributed by atoms with Crippen molar-refractivity contribution in [3.05, 3.63) is 41.1 Å². The number of para-hydroxylation sites is 1. The second-order valence-electron chi connectivity index (χ2n) is 4.30. The zero-order valence-corrected chi connectivity index (χ0v) is 11.6. The number of hydrogen-bond donors (Lipinski definition) is 1. The van der Waals surface area contributed by atoms with Crippen LogP contribution in [-0.4, -0.2) is 13.1 Å². The molecule has 1 N–H and O–H groups in total. The Labute approximate surface area is 113 Å². The van der Waals surface area contributed by atoms with Crippen molar-refractivity contribution in [3.8, 4) is 0 Å². The molecule has 0 atom stereocenters. The van der Waals surface area contributed by atoms with Gasteiger partial charge in [-0.05, 0) is 44.1 Å². The molecule has 0 spiro atoms. The summed E-state index contributed by atoms with van der Waals surface area (Å²) in [6, 6.07) is 7.84. The molecule has 2 rings (SSSR count). The molecule has 2 aromatic rings. The minimum absolute atomic E-state index is 0.666. The molecule has 96 valence electrons. The van der Waals surface area contributed by atoms with E-state index in [-0.39, 0.29) is 0 Å². The van der Waals surface area contributed by atoms with E-state index in [0.717, 1.165) is 41.8 Å². The van der Waals surface area contributed by atoms with Crippen molar-refractivity contribution < 1.29 is 4.42 Å². The summed E-state index contributed by atoms with van der Waals surface area (Å²) in [5.74, 6) is 0.898. The van der Waals surface area contributed by atoms with E-state index >= 15 is 0 Å². The molecular formula is C15H18ClNO. The molecule has 0 aliphatic rings. The molecule has 0 saturated carbocycles. The van der Waals surface area contributed by atoms with Gasteiger partial charge in [0.05, 0.1) is 5.02 Å². The van der Waals surface area contributed by atoms with Gasteiger partial charge >= 0.3 is 0 Å².